The van der Waals surface area contributed by atoms with Gasteiger partial charge in [-0.2, -0.15) is 0 Å². The molecule has 4 fully saturated rings. The van der Waals surface area contributed by atoms with E-state index in [0.29, 0.717) is 6.42 Å². The maximum absolute atomic E-state index is 10.9. The van der Waals surface area contributed by atoms with Crippen molar-refractivity contribution in [2.45, 2.75) is 104 Å². The van der Waals surface area contributed by atoms with Crippen LogP contribution in [0.1, 0.15) is 12.8 Å². The summed E-state index contributed by atoms with van der Waals surface area (Å²) in [4.78, 5) is 0. The number of nitrogens with two attached hydrogens (primary N) is 2. The van der Waals surface area contributed by atoms with Crippen molar-refractivity contribution < 1.29 is 59.8 Å². The van der Waals surface area contributed by atoms with Crippen LogP contribution in [0.4, 0.5) is 0 Å². The van der Waals surface area contributed by atoms with Crippen molar-refractivity contribution in [1.29, 1.82) is 0 Å². The summed E-state index contributed by atoms with van der Waals surface area (Å²) in [6.45, 7) is -1.09. The molecule has 15 heteroatoms. The molecule has 16 atom stereocenters. The van der Waals surface area contributed by atoms with Crippen molar-refractivity contribution in [3.8, 4) is 0 Å². The zero-order valence-corrected chi connectivity index (χ0v) is 19.9. The smallest absolute Gasteiger partial charge is 0.314 e. The van der Waals surface area contributed by atoms with Crippen LogP contribution in [0, 0.1) is 5.92 Å². The monoisotopic (exact) mass is 525 g/mol. The van der Waals surface area contributed by atoms with Crippen LogP contribution in [0.25, 0.3) is 0 Å². The number of rotatable bonds is 6. The molecule has 2 aliphatic carbocycles. The second-order valence-electron chi connectivity index (χ2n) is 10.2. The number of ether oxygens (including phenoxy) is 4. The van der Waals surface area contributed by atoms with Gasteiger partial charge in [-0.3, -0.25) is 0 Å². The maximum Gasteiger partial charge on any atom is 0.314 e. The van der Waals surface area contributed by atoms with Crippen molar-refractivity contribution >= 4 is 0 Å². The molecule has 0 aromatic carbocycles. The Morgan fingerprint density at radius 3 is 2.19 bits per heavy atom. The molecule has 4 rings (SSSR count). The van der Waals surface area contributed by atoms with Crippen LogP contribution >= 0.6 is 0 Å². The van der Waals surface area contributed by atoms with Gasteiger partial charge in [0.2, 0.25) is 0 Å². The predicted molar refractivity (Wildman–Crippen MR) is 118 cm³/mol. The number of aliphatic hydroxyl groups is 8. The highest BCUT2D eigenvalue weighted by Crippen LogP contribution is 2.46. The Morgan fingerprint density at radius 1 is 0.917 bits per heavy atom. The SMILES string of the molecule is CN[C@H]1C[C@@H](N)[C@H](O)[C@@H](O[C@@H]2C[C@H](CO)[C@H](O)[C@@H]3O[C@]4(O[C@H]32)O[C@H]([C@H](N)CO)[C@H](O)[C@H](O)[C@H]4O)[C@@H]1O. The van der Waals surface area contributed by atoms with E-state index in [-0.39, 0.29) is 6.42 Å². The minimum absolute atomic E-state index is 0.0223. The van der Waals surface area contributed by atoms with Crippen LogP contribution in [0.2, 0.25) is 0 Å². The third-order valence-electron chi connectivity index (χ3n) is 7.94. The predicted octanol–water partition coefficient (Wildman–Crippen LogP) is -6.61. The van der Waals surface area contributed by atoms with E-state index >= 15 is 0 Å². The van der Waals surface area contributed by atoms with Crippen molar-refractivity contribution in [3.63, 3.8) is 0 Å². The molecular weight excluding hydrogens is 486 g/mol. The van der Waals surface area contributed by atoms with Crippen molar-refractivity contribution in [2.24, 2.45) is 17.4 Å². The van der Waals surface area contributed by atoms with Gasteiger partial charge in [-0.05, 0) is 19.9 Å². The molecule has 2 heterocycles. The van der Waals surface area contributed by atoms with Gasteiger partial charge in [0, 0.05) is 24.6 Å². The molecule has 0 unspecified atom stereocenters. The summed E-state index contributed by atoms with van der Waals surface area (Å²) >= 11 is 0. The molecule has 1 spiro atoms. The Labute approximate surface area is 207 Å². The molecule has 13 N–H and O–H groups in total. The Bertz CT molecular complexity index is 755. The van der Waals surface area contributed by atoms with Gasteiger partial charge in [0.05, 0.1) is 37.1 Å². The third-order valence-corrected chi connectivity index (χ3v) is 7.94. The van der Waals surface area contributed by atoms with Gasteiger partial charge in [-0.15, -0.1) is 0 Å². The molecule has 2 aliphatic heterocycles. The molecule has 0 aromatic heterocycles. The first-order valence-corrected chi connectivity index (χ1v) is 12.2. The minimum atomic E-state index is -2.40. The highest BCUT2D eigenvalue weighted by Gasteiger charge is 2.67. The number of nitrogens with one attached hydrogen (secondary N) is 1. The van der Waals surface area contributed by atoms with Crippen LogP contribution in [-0.4, -0.2) is 152 Å². The molecular formula is C21H39N3O12. The molecule has 0 aromatic rings. The average molecular weight is 526 g/mol. The van der Waals surface area contributed by atoms with Gasteiger partial charge in [0.1, 0.15) is 36.6 Å². The summed E-state index contributed by atoms with van der Waals surface area (Å²) in [6, 6.07) is -2.36. The van der Waals surface area contributed by atoms with Gasteiger partial charge >= 0.3 is 5.97 Å². The lowest BCUT2D eigenvalue weighted by Gasteiger charge is -2.46. The molecule has 36 heavy (non-hydrogen) atoms. The van der Waals surface area contributed by atoms with Gasteiger partial charge in [0.25, 0.3) is 0 Å². The first-order valence-electron chi connectivity index (χ1n) is 12.2. The molecule has 0 amide bonds. The molecule has 15 nitrogen and oxygen atoms in total. The second-order valence-corrected chi connectivity index (χ2v) is 10.2. The Balaban J connectivity index is 1.62. The summed E-state index contributed by atoms with van der Waals surface area (Å²) < 4.78 is 23.5. The van der Waals surface area contributed by atoms with E-state index in [1.165, 1.54) is 0 Å². The number of hydrogen-bond acceptors (Lipinski definition) is 15. The fourth-order valence-corrected chi connectivity index (χ4v) is 5.71. The van der Waals surface area contributed by atoms with Crippen molar-refractivity contribution in [2.75, 3.05) is 20.3 Å². The number of fused-ring (bicyclic) bond motifs is 1. The Hall–Kier alpha value is -0.600. The molecule has 2 saturated carbocycles. The highest BCUT2D eigenvalue weighted by molar-refractivity contribution is 5.06. The summed E-state index contributed by atoms with van der Waals surface area (Å²) in [6.07, 6.45) is -14.8. The standard InChI is InChI=1S/C21H39N3O12/c1-24-9-3-7(22)12(28)18(13(9)29)33-10-2-6(4-25)11(27)19-17(10)35-21(36-19)20(32)15(31)14(30)16(34-21)8(23)5-26/h6-20,24-32H,2-5,22-23H2,1H3/t6-,7-,8-,9+,10-,11+,12+,13-,14-,15+,16-,17+,18-,19+,20-,21+/m1/s1. The van der Waals surface area contributed by atoms with E-state index in [2.05, 4.69) is 5.32 Å². The van der Waals surface area contributed by atoms with Gasteiger partial charge < -0.3 is 76.6 Å². The maximum atomic E-state index is 10.9. The zero-order chi connectivity index (χ0) is 26.5. The largest absolute Gasteiger partial charge is 0.396 e. The van der Waals surface area contributed by atoms with Crippen LogP contribution in [-0.2, 0) is 18.9 Å². The summed E-state index contributed by atoms with van der Waals surface area (Å²) in [5.41, 5.74) is 11.9. The molecule has 2 saturated heterocycles. The van der Waals surface area contributed by atoms with Crippen LogP contribution in [0.3, 0.4) is 0 Å². The van der Waals surface area contributed by atoms with Gasteiger partial charge in [-0.25, -0.2) is 0 Å². The lowest BCUT2D eigenvalue weighted by molar-refractivity contribution is -0.438. The van der Waals surface area contributed by atoms with Gasteiger partial charge in [0.15, 0.2) is 6.10 Å². The average Bonchev–Trinajstić information content (AvgIpc) is 3.27. The van der Waals surface area contributed by atoms with Crippen LogP contribution < -0.4 is 16.8 Å². The van der Waals surface area contributed by atoms with Gasteiger partial charge in [-0.1, -0.05) is 0 Å². The third kappa shape index (κ3) is 4.70. The van der Waals surface area contributed by atoms with E-state index < -0.39 is 110 Å². The quantitative estimate of drug-likeness (QED) is 0.154. The van der Waals surface area contributed by atoms with Crippen molar-refractivity contribution in [1.82, 2.24) is 5.32 Å². The fraction of sp³-hybridized carbons (Fsp3) is 1.00. The van der Waals surface area contributed by atoms with E-state index in [9.17, 15) is 40.9 Å². The van der Waals surface area contributed by atoms with E-state index in [1.807, 2.05) is 0 Å². The summed E-state index contributed by atoms with van der Waals surface area (Å²) in [5.74, 6) is -3.17. The topological polar surface area (TPSA) is 263 Å². The molecule has 210 valence electrons. The summed E-state index contributed by atoms with van der Waals surface area (Å²) in [5, 5.41) is 86.1. The lowest BCUT2D eigenvalue weighted by atomic mass is 9.80. The number of likely N-dealkylation sites (N-methyl/N-ethyl adjacent to an activating group) is 1. The molecule has 4 aliphatic rings. The van der Waals surface area contributed by atoms with Crippen LogP contribution in [0.5, 0.6) is 0 Å². The highest BCUT2D eigenvalue weighted by atomic mass is 16.9. The van der Waals surface area contributed by atoms with Crippen molar-refractivity contribution in [3.05, 3.63) is 0 Å². The zero-order valence-electron chi connectivity index (χ0n) is 19.9. The fourth-order valence-electron chi connectivity index (χ4n) is 5.71. The number of aliphatic hydroxyl groups excluding tert-OH is 8. The molecule has 0 bridgehead atoms. The van der Waals surface area contributed by atoms with E-state index in [0.717, 1.165) is 0 Å². The number of hydrogen-bond donors (Lipinski definition) is 11. The Morgan fingerprint density at radius 2 is 1.58 bits per heavy atom. The second kappa shape index (κ2) is 10.9. The molecule has 0 radical (unpaired) electrons. The Kier molecular flexibility index (Phi) is 8.58. The normalized spacial score (nSPS) is 54.4. The first-order chi connectivity index (χ1) is 17.0. The van der Waals surface area contributed by atoms with Crippen LogP contribution in [0.15, 0.2) is 0 Å². The first kappa shape index (κ1) is 28.4. The minimum Gasteiger partial charge on any atom is -0.396 e. The van der Waals surface area contributed by atoms with E-state index in [1.54, 1.807) is 7.05 Å². The summed E-state index contributed by atoms with van der Waals surface area (Å²) in [7, 11) is 1.64. The lowest BCUT2D eigenvalue weighted by Crippen LogP contribution is -2.68. The van der Waals surface area contributed by atoms with E-state index in [4.69, 9.17) is 30.4 Å².